The van der Waals surface area contributed by atoms with E-state index in [4.69, 9.17) is 0 Å². The number of hydrogen-bond donors (Lipinski definition) is 1. The molecule has 1 aromatic heterocycles. The van der Waals surface area contributed by atoms with Crippen LogP contribution in [0, 0.1) is 6.92 Å². The Kier molecular flexibility index (Phi) is 3.32. The molecule has 5 heteroatoms. The van der Waals surface area contributed by atoms with Gasteiger partial charge in [-0.25, -0.2) is 9.51 Å². The third-order valence-electron chi connectivity index (χ3n) is 4.12. The minimum Gasteiger partial charge on any atom is -0.245 e. The topological polar surface area (TPSA) is 51.1 Å². The molecule has 0 aliphatic heterocycles. The van der Waals surface area contributed by atoms with Crippen molar-refractivity contribution in [2.24, 2.45) is 0 Å². The second-order valence-electron chi connectivity index (χ2n) is 5.78. The van der Waals surface area contributed by atoms with Crippen LogP contribution in [0.15, 0.2) is 77.7 Å². The van der Waals surface area contributed by atoms with Crippen molar-refractivity contribution >= 4 is 31.8 Å². The molecule has 4 aromatic rings. The first-order chi connectivity index (χ1) is 11.6. The van der Waals surface area contributed by atoms with Gasteiger partial charge in [-0.05, 0) is 31.2 Å². The molecule has 0 amide bonds. The van der Waals surface area contributed by atoms with Crippen molar-refractivity contribution < 1.29 is 8.42 Å². The van der Waals surface area contributed by atoms with Crippen LogP contribution < -0.4 is 4.83 Å². The highest BCUT2D eigenvalue weighted by molar-refractivity contribution is 7.92. The summed E-state index contributed by atoms with van der Waals surface area (Å²) in [5.41, 5.74) is 2.68. The molecule has 0 fully saturated rings. The Hall–Kier alpha value is -2.79. The molecular formula is C19H16N2O2S. The van der Waals surface area contributed by atoms with Crippen molar-refractivity contribution in [3.63, 3.8) is 0 Å². The number of nitrogens with one attached hydrogen (secondary N) is 1. The van der Waals surface area contributed by atoms with Gasteiger partial charge in [0.15, 0.2) is 0 Å². The van der Waals surface area contributed by atoms with Crippen LogP contribution in [0.3, 0.4) is 0 Å². The predicted molar refractivity (Wildman–Crippen MR) is 97.2 cm³/mol. The Morgan fingerprint density at radius 1 is 0.750 bits per heavy atom. The molecule has 0 atom stereocenters. The van der Waals surface area contributed by atoms with Crippen LogP contribution >= 0.6 is 0 Å². The Balaban J connectivity index is 1.91. The second-order valence-corrected chi connectivity index (χ2v) is 7.44. The fourth-order valence-electron chi connectivity index (χ4n) is 2.91. The molecule has 1 heterocycles. The van der Waals surface area contributed by atoms with Crippen LogP contribution in [0.1, 0.15) is 5.56 Å². The summed E-state index contributed by atoms with van der Waals surface area (Å²) in [6, 6.07) is 22.3. The number of aryl methyl sites for hydroxylation is 1. The van der Waals surface area contributed by atoms with Crippen LogP contribution in [0.25, 0.3) is 21.8 Å². The quantitative estimate of drug-likeness (QED) is 0.614. The predicted octanol–water partition coefficient (Wildman–Crippen LogP) is 4.04. The molecule has 0 spiro atoms. The summed E-state index contributed by atoms with van der Waals surface area (Å²) in [4.78, 5) is 2.95. The lowest BCUT2D eigenvalue weighted by molar-refractivity contribution is 0.596. The molecule has 1 N–H and O–H groups in total. The number of rotatable bonds is 3. The lowest BCUT2D eigenvalue weighted by atomic mass is 10.2. The van der Waals surface area contributed by atoms with E-state index in [1.807, 2.05) is 55.5 Å². The number of hydrogen-bond acceptors (Lipinski definition) is 2. The first-order valence-electron chi connectivity index (χ1n) is 7.64. The maximum absolute atomic E-state index is 12.8. The van der Waals surface area contributed by atoms with Gasteiger partial charge in [-0.2, -0.15) is 8.42 Å². The SMILES string of the molecule is Cc1ccc(S(=O)(=O)Nn2c3ccccc3c3ccccc32)cc1. The molecule has 0 aliphatic rings. The van der Waals surface area contributed by atoms with Crippen LogP contribution in [-0.4, -0.2) is 13.1 Å². The first-order valence-corrected chi connectivity index (χ1v) is 9.12. The molecule has 0 saturated carbocycles. The summed E-state index contributed by atoms with van der Waals surface area (Å²) in [6.07, 6.45) is 0. The van der Waals surface area contributed by atoms with Gasteiger partial charge in [0.2, 0.25) is 0 Å². The zero-order valence-electron chi connectivity index (χ0n) is 13.1. The Bertz CT molecular complexity index is 1090. The summed E-state index contributed by atoms with van der Waals surface area (Å²) in [7, 11) is -3.67. The van der Waals surface area contributed by atoms with Crippen LogP contribution in [0.5, 0.6) is 0 Å². The minimum atomic E-state index is -3.67. The lowest BCUT2D eigenvalue weighted by Crippen LogP contribution is -2.22. The van der Waals surface area contributed by atoms with Gasteiger partial charge in [-0.1, -0.05) is 54.1 Å². The summed E-state index contributed by atoms with van der Waals surface area (Å²) in [5.74, 6) is 0. The summed E-state index contributed by atoms with van der Waals surface area (Å²) in [5, 5.41) is 2.03. The van der Waals surface area contributed by atoms with E-state index in [9.17, 15) is 8.42 Å². The molecule has 0 bridgehead atoms. The van der Waals surface area contributed by atoms with Gasteiger partial charge in [0.1, 0.15) is 0 Å². The summed E-state index contributed by atoms with van der Waals surface area (Å²) < 4.78 is 27.2. The Morgan fingerprint density at radius 3 is 1.79 bits per heavy atom. The van der Waals surface area contributed by atoms with Gasteiger partial charge in [0.05, 0.1) is 15.9 Å². The summed E-state index contributed by atoms with van der Waals surface area (Å²) in [6.45, 7) is 1.93. The van der Waals surface area contributed by atoms with E-state index < -0.39 is 10.0 Å². The van der Waals surface area contributed by atoms with E-state index in [1.165, 1.54) is 0 Å². The Morgan fingerprint density at radius 2 is 1.25 bits per heavy atom. The molecule has 3 aromatic carbocycles. The highest BCUT2D eigenvalue weighted by Crippen LogP contribution is 2.28. The van der Waals surface area contributed by atoms with Gasteiger partial charge >= 0.3 is 0 Å². The average Bonchev–Trinajstić information content (AvgIpc) is 2.90. The number of fused-ring (bicyclic) bond motifs is 3. The number of benzene rings is 3. The molecule has 120 valence electrons. The van der Waals surface area contributed by atoms with E-state index in [0.717, 1.165) is 27.4 Å². The lowest BCUT2D eigenvalue weighted by Gasteiger charge is -2.12. The Labute approximate surface area is 140 Å². The molecule has 4 nitrogen and oxygen atoms in total. The van der Waals surface area contributed by atoms with Crippen molar-refractivity contribution in [3.05, 3.63) is 78.4 Å². The maximum atomic E-state index is 12.8. The standard InChI is InChI=1S/C19H16N2O2S/c1-14-10-12-15(13-11-14)24(22,23)20-21-18-8-4-2-6-16(18)17-7-3-5-9-19(17)21/h2-13,20H,1H3. The molecule has 0 unspecified atom stereocenters. The smallest absolute Gasteiger partial charge is 0.245 e. The van der Waals surface area contributed by atoms with Crippen LogP contribution in [0.4, 0.5) is 0 Å². The van der Waals surface area contributed by atoms with Gasteiger partial charge in [0, 0.05) is 10.8 Å². The van der Waals surface area contributed by atoms with Crippen molar-refractivity contribution in [1.82, 2.24) is 4.68 Å². The first kappa shape index (κ1) is 14.8. The van der Waals surface area contributed by atoms with Crippen molar-refractivity contribution in [2.75, 3.05) is 4.83 Å². The van der Waals surface area contributed by atoms with E-state index in [0.29, 0.717) is 0 Å². The van der Waals surface area contributed by atoms with Crippen molar-refractivity contribution in [1.29, 1.82) is 0 Å². The van der Waals surface area contributed by atoms with Gasteiger partial charge in [-0.15, -0.1) is 0 Å². The summed E-state index contributed by atoms with van der Waals surface area (Å²) >= 11 is 0. The zero-order chi connectivity index (χ0) is 16.7. The van der Waals surface area contributed by atoms with Crippen LogP contribution in [-0.2, 0) is 10.0 Å². The average molecular weight is 336 g/mol. The molecule has 4 rings (SSSR count). The van der Waals surface area contributed by atoms with Gasteiger partial charge < -0.3 is 0 Å². The van der Waals surface area contributed by atoms with Crippen LogP contribution in [0.2, 0.25) is 0 Å². The zero-order valence-corrected chi connectivity index (χ0v) is 13.9. The number of aromatic nitrogens is 1. The maximum Gasteiger partial charge on any atom is 0.275 e. The van der Waals surface area contributed by atoms with E-state index in [-0.39, 0.29) is 4.90 Å². The molecule has 0 aliphatic carbocycles. The second kappa shape index (κ2) is 5.39. The normalized spacial score (nSPS) is 11.9. The molecular weight excluding hydrogens is 320 g/mol. The third kappa shape index (κ3) is 2.34. The largest absolute Gasteiger partial charge is 0.275 e. The third-order valence-corrected chi connectivity index (χ3v) is 5.44. The number of sulfonamides is 1. The van der Waals surface area contributed by atoms with Crippen molar-refractivity contribution in [3.8, 4) is 0 Å². The number of para-hydroxylation sites is 2. The minimum absolute atomic E-state index is 0.245. The molecule has 0 saturated heterocycles. The fraction of sp³-hybridized carbons (Fsp3) is 0.0526. The van der Waals surface area contributed by atoms with E-state index >= 15 is 0 Å². The number of nitrogens with zero attached hydrogens (tertiary/aromatic N) is 1. The van der Waals surface area contributed by atoms with Gasteiger partial charge in [-0.3, -0.25) is 0 Å². The molecule has 24 heavy (non-hydrogen) atoms. The monoisotopic (exact) mass is 336 g/mol. The fourth-order valence-corrected chi connectivity index (χ4v) is 3.95. The van der Waals surface area contributed by atoms with E-state index in [2.05, 4.69) is 4.83 Å². The van der Waals surface area contributed by atoms with E-state index in [1.54, 1.807) is 28.9 Å². The highest BCUT2D eigenvalue weighted by atomic mass is 32.2. The molecule has 0 radical (unpaired) electrons. The highest BCUT2D eigenvalue weighted by Gasteiger charge is 2.17. The van der Waals surface area contributed by atoms with Crippen molar-refractivity contribution in [2.45, 2.75) is 11.8 Å². The van der Waals surface area contributed by atoms with Gasteiger partial charge in [0.25, 0.3) is 10.0 Å².